The van der Waals surface area contributed by atoms with Crippen molar-refractivity contribution >= 4 is 27.7 Å². The molecule has 2 rings (SSSR count). The zero-order valence-corrected chi connectivity index (χ0v) is 14.2. The van der Waals surface area contributed by atoms with Crippen molar-refractivity contribution in [3.05, 3.63) is 52.5 Å². The molecule has 4 heteroatoms. The highest BCUT2D eigenvalue weighted by Gasteiger charge is 2.07. The summed E-state index contributed by atoms with van der Waals surface area (Å²) < 4.78 is 6.30. The van der Waals surface area contributed by atoms with Crippen LogP contribution in [0.5, 0.6) is 5.75 Å². The van der Waals surface area contributed by atoms with E-state index in [1.165, 1.54) is 15.4 Å². The molecule has 106 valence electrons. The first-order valence-corrected chi connectivity index (χ1v) is 8.03. The van der Waals surface area contributed by atoms with E-state index in [-0.39, 0.29) is 0 Å². The molecule has 1 N–H and O–H groups in total. The second kappa shape index (κ2) is 7.16. The van der Waals surface area contributed by atoms with Gasteiger partial charge in [-0.1, -0.05) is 17.8 Å². The summed E-state index contributed by atoms with van der Waals surface area (Å²) in [6, 6.07) is 14.9. The van der Waals surface area contributed by atoms with Gasteiger partial charge in [-0.25, -0.2) is 0 Å². The maximum atomic E-state index is 5.17. The lowest BCUT2D eigenvalue weighted by Crippen LogP contribution is -2.12. The van der Waals surface area contributed by atoms with Gasteiger partial charge in [-0.15, -0.1) is 0 Å². The van der Waals surface area contributed by atoms with Gasteiger partial charge < -0.3 is 10.1 Å². The normalized spacial score (nSPS) is 12.2. The molecule has 1 unspecified atom stereocenters. The lowest BCUT2D eigenvalue weighted by atomic mass is 10.1. The molecule has 0 radical (unpaired) electrons. The Kier molecular flexibility index (Phi) is 5.52. The minimum absolute atomic E-state index is 0.353. The van der Waals surface area contributed by atoms with Crippen LogP contribution in [0, 0.1) is 0 Å². The Balaban J connectivity index is 2.16. The van der Waals surface area contributed by atoms with Crippen molar-refractivity contribution in [2.24, 2.45) is 0 Å². The number of hydrogen-bond acceptors (Lipinski definition) is 3. The average molecular weight is 352 g/mol. The standard InChI is InChI=1S/C16H18BrNOS/c1-11(18-2)12-4-9-16(15(17)10-12)20-14-7-5-13(19-3)6-8-14/h4-11,18H,1-3H3. The summed E-state index contributed by atoms with van der Waals surface area (Å²) in [5.41, 5.74) is 1.28. The first-order valence-electron chi connectivity index (χ1n) is 6.42. The highest BCUT2D eigenvalue weighted by Crippen LogP contribution is 2.35. The van der Waals surface area contributed by atoms with Crippen LogP contribution < -0.4 is 10.1 Å². The molecule has 0 aliphatic rings. The van der Waals surface area contributed by atoms with Crippen molar-refractivity contribution in [3.8, 4) is 5.75 Å². The summed E-state index contributed by atoms with van der Waals surface area (Å²) in [4.78, 5) is 2.41. The molecule has 0 aliphatic carbocycles. The van der Waals surface area contributed by atoms with Crippen molar-refractivity contribution in [2.45, 2.75) is 22.8 Å². The van der Waals surface area contributed by atoms with Crippen molar-refractivity contribution in [3.63, 3.8) is 0 Å². The summed E-state index contributed by atoms with van der Waals surface area (Å²) in [5, 5.41) is 3.25. The Morgan fingerprint density at radius 1 is 1.15 bits per heavy atom. The minimum Gasteiger partial charge on any atom is -0.497 e. The van der Waals surface area contributed by atoms with E-state index in [1.54, 1.807) is 18.9 Å². The maximum absolute atomic E-state index is 5.17. The Morgan fingerprint density at radius 3 is 2.40 bits per heavy atom. The van der Waals surface area contributed by atoms with Gasteiger partial charge in [0.1, 0.15) is 5.75 Å². The predicted molar refractivity (Wildman–Crippen MR) is 88.7 cm³/mol. The first-order chi connectivity index (χ1) is 9.63. The highest BCUT2D eigenvalue weighted by atomic mass is 79.9. The van der Waals surface area contributed by atoms with Crippen LogP contribution in [0.4, 0.5) is 0 Å². The van der Waals surface area contributed by atoms with Gasteiger partial charge in [0.15, 0.2) is 0 Å². The lowest BCUT2D eigenvalue weighted by molar-refractivity contribution is 0.414. The zero-order valence-electron chi connectivity index (χ0n) is 11.8. The van der Waals surface area contributed by atoms with Crippen LogP contribution in [0.2, 0.25) is 0 Å². The molecule has 0 spiro atoms. The van der Waals surface area contributed by atoms with Crippen LogP contribution >= 0.6 is 27.7 Å². The summed E-state index contributed by atoms with van der Waals surface area (Å²) >= 11 is 5.40. The monoisotopic (exact) mass is 351 g/mol. The van der Waals surface area contributed by atoms with Crippen LogP contribution in [-0.4, -0.2) is 14.2 Å². The largest absolute Gasteiger partial charge is 0.497 e. The molecule has 2 aromatic carbocycles. The molecule has 20 heavy (non-hydrogen) atoms. The second-order valence-electron chi connectivity index (χ2n) is 4.48. The van der Waals surface area contributed by atoms with E-state index in [0.29, 0.717) is 6.04 Å². The molecular formula is C16H18BrNOS. The van der Waals surface area contributed by atoms with Crippen LogP contribution in [-0.2, 0) is 0 Å². The van der Waals surface area contributed by atoms with Gasteiger partial charge in [0, 0.05) is 20.3 Å². The van der Waals surface area contributed by atoms with Crippen LogP contribution in [0.3, 0.4) is 0 Å². The summed E-state index contributed by atoms with van der Waals surface area (Å²) in [6.45, 7) is 2.15. The smallest absolute Gasteiger partial charge is 0.118 e. The fraction of sp³-hybridized carbons (Fsp3) is 0.250. The van der Waals surface area contributed by atoms with Gasteiger partial charge in [0.2, 0.25) is 0 Å². The maximum Gasteiger partial charge on any atom is 0.118 e. The molecule has 0 aromatic heterocycles. The molecule has 0 saturated heterocycles. The van der Waals surface area contributed by atoms with E-state index in [2.05, 4.69) is 58.5 Å². The van der Waals surface area contributed by atoms with E-state index in [0.717, 1.165) is 10.2 Å². The topological polar surface area (TPSA) is 21.3 Å². The van der Waals surface area contributed by atoms with Crippen LogP contribution in [0.15, 0.2) is 56.7 Å². The molecule has 2 aromatic rings. The Morgan fingerprint density at radius 2 is 1.85 bits per heavy atom. The molecule has 0 heterocycles. The zero-order chi connectivity index (χ0) is 14.5. The fourth-order valence-electron chi connectivity index (χ4n) is 1.81. The molecule has 1 atom stereocenters. The number of benzene rings is 2. The third-order valence-corrected chi connectivity index (χ3v) is 5.18. The Bertz CT molecular complexity index is 571. The number of rotatable bonds is 5. The van der Waals surface area contributed by atoms with Gasteiger partial charge in [-0.2, -0.15) is 0 Å². The van der Waals surface area contributed by atoms with E-state index >= 15 is 0 Å². The number of nitrogens with one attached hydrogen (secondary N) is 1. The SMILES string of the molecule is CNC(C)c1ccc(Sc2ccc(OC)cc2)c(Br)c1. The van der Waals surface area contributed by atoms with Gasteiger partial charge in [-0.3, -0.25) is 0 Å². The third-order valence-electron chi connectivity index (χ3n) is 3.18. The van der Waals surface area contributed by atoms with E-state index in [9.17, 15) is 0 Å². The Labute approximate surface area is 133 Å². The van der Waals surface area contributed by atoms with E-state index in [1.807, 2.05) is 19.2 Å². The van der Waals surface area contributed by atoms with Crippen molar-refractivity contribution in [1.82, 2.24) is 5.32 Å². The molecule has 0 bridgehead atoms. The number of ether oxygens (including phenoxy) is 1. The minimum atomic E-state index is 0.353. The molecule has 0 aliphatic heterocycles. The fourth-order valence-corrected chi connectivity index (χ4v) is 3.26. The molecule has 0 saturated carbocycles. The average Bonchev–Trinajstić information content (AvgIpc) is 2.49. The van der Waals surface area contributed by atoms with Gasteiger partial charge in [-0.05, 0) is 71.9 Å². The van der Waals surface area contributed by atoms with E-state index < -0.39 is 0 Å². The molecule has 0 amide bonds. The molecular weight excluding hydrogens is 334 g/mol. The van der Waals surface area contributed by atoms with Crippen LogP contribution in [0.1, 0.15) is 18.5 Å². The third kappa shape index (κ3) is 3.78. The van der Waals surface area contributed by atoms with Crippen molar-refractivity contribution < 1.29 is 4.74 Å². The Hall–Kier alpha value is -0.970. The quantitative estimate of drug-likeness (QED) is 0.828. The van der Waals surface area contributed by atoms with Crippen molar-refractivity contribution in [2.75, 3.05) is 14.2 Å². The lowest BCUT2D eigenvalue weighted by Gasteiger charge is -2.13. The second-order valence-corrected chi connectivity index (χ2v) is 6.45. The van der Waals surface area contributed by atoms with Crippen LogP contribution in [0.25, 0.3) is 0 Å². The number of halogens is 1. The van der Waals surface area contributed by atoms with E-state index in [4.69, 9.17) is 4.74 Å². The van der Waals surface area contributed by atoms with Crippen molar-refractivity contribution in [1.29, 1.82) is 0 Å². The van der Waals surface area contributed by atoms with Gasteiger partial charge in [0.05, 0.1) is 7.11 Å². The van der Waals surface area contributed by atoms with Gasteiger partial charge >= 0.3 is 0 Å². The number of hydrogen-bond donors (Lipinski definition) is 1. The predicted octanol–water partition coefficient (Wildman–Crippen LogP) is 4.89. The summed E-state index contributed by atoms with van der Waals surface area (Å²) in [5.74, 6) is 0.881. The first kappa shape index (κ1) is 15.4. The summed E-state index contributed by atoms with van der Waals surface area (Å²) in [7, 11) is 3.65. The summed E-state index contributed by atoms with van der Waals surface area (Å²) in [6.07, 6.45) is 0. The highest BCUT2D eigenvalue weighted by molar-refractivity contribution is 9.10. The molecule has 2 nitrogen and oxygen atoms in total. The molecule has 0 fully saturated rings. The number of methoxy groups -OCH3 is 1. The van der Waals surface area contributed by atoms with Gasteiger partial charge in [0.25, 0.3) is 0 Å².